The van der Waals surface area contributed by atoms with Gasteiger partial charge in [0, 0.05) is 35.2 Å². The SMILES string of the molecule is O=C(NCc1ccccc1)c1ccccc1NC(=O)[C@H]1CCCN(S(=O)(=O)Cc2c(Cl)cccc2Cl)C1. The third-order valence-electron chi connectivity index (χ3n) is 6.26. The molecule has 1 aliphatic rings. The highest BCUT2D eigenvalue weighted by molar-refractivity contribution is 7.88. The zero-order valence-corrected chi connectivity index (χ0v) is 22.3. The van der Waals surface area contributed by atoms with Gasteiger partial charge in [0.2, 0.25) is 15.9 Å². The minimum Gasteiger partial charge on any atom is -0.348 e. The molecule has 10 heteroatoms. The number of nitrogens with one attached hydrogen (secondary N) is 2. The number of rotatable bonds is 8. The second-order valence-corrected chi connectivity index (χ2v) is 11.6. The van der Waals surface area contributed by atoms with Gasteiger partial charge < -0.3 is 10.6 Å². The Morgan fingerprint density at radius 1 is 0.919 bits per heavy atom. The number of amides is 2. The van der Waals surface area contributed by atoms with E-state index in [0.29, 0.717) is 42.7 Å². The van der Waals surface area contributed by atoms with Crippen LogP contribution in [0, 0.1) is 5.92 Å². The first kappa shape index (κ1) is 27.1. The first-order valence-corrected chi connectivity index (χ1v) is 14.2. The topological polar surface area (TPSA) is 95.6 Å². The van der Waals surface area contributed by atoms with Crippen molar-refractivity contribution in [2.75, 3.05) is 18.4 Å². The van der Waals surface area contributed by atoms with Crippen molar-refractivity contribution in [3.05, 3.63) is 99.5 Å². The largest absolute Gasteiger partial charge is 0.348 e. The Bertz CT molecular complexity index is 1360. The van der Waals surface area contributed by atoms with Crippen molar-refractivity contribution in [2.45, 2.75) is 25.1 Å². The number of para-hydroxylation sites is 1. The number of anilines is 1. The maximum Gasteiger partial charge on any atom is 0.253 e. The molecule has 7 nitrogen and oxygen atoms in total. The van der Waals surface area contributed by atoms with Gasteiger partial charge >= 0.3 is 0 Å². The first-order chi connectivity index (χ1) is 17.7. The van der Waals surface area contributed by atoms with Crippen LogP contribution in [-0.4, -0.2) is 37.6 Å². The molecule has 1 heterocycles. The van der Waals surface area contributed by atoms with E-state index in [1.54, 1.807) is 42.5 Å². The molecule has 1 atom stereocenters. The van der Waals surface area contributed by atoms with Gasteiger partial charge in [-0.1, -0.05) is 71.7 Å². The van der Waals surface area contributed by atoms with Crippen molar-refractivity contribution < 1.29 is 18.0 Å². The zero-order valence-electron chi connectivity index (χ0n) is 20.0. The van der Waals surface area contributed by atoms with E-state index in [9.17, 15) is 18.0 Å². The summed E-state index contributed by atoms with van der Waals surface area (Å²) in [6.07, 6.45) is 1.07. The summed E-state index contributed by atoms with van der Waals surface area (Å²) >= 11 is 12.4. The fourth-order valence-electron chi connectivity index (χ4n) is 4.25. The summed E-state index contributed by atoms with van der Waals surface area (Å²) in [7, 11) is -3.76. The molecule has 194 valence electrons. The standard InChI is InChI=1S/C27H27Cl2N3O4S/c28-23-12-6-13-24(29)22(23)18-37(35,36)32-15-7-10-20(17-32)26(33)31-25-14-5-4-11-21(25)27(34)30-16-19-8-2-1-3-9-19/h1-6,8-9,11-14,20H,7,10,15-18H2,(H,30,34)(H,31,33)/t20-/m0/s1. The molecule has 0 saturated carbocycles. The number of carbonyl (C=O) groups is 2. The van der Waals surface area contributed by atoms with Gasteiger partial charge in [-0.3, -0.25) is 9.59 Å². The van der Waals surface area contributed by atoms with Gasteiger partial charge in [-0.15, -0.1) is 0 Å². The quantitative estimate of drug-likeness (QED) is 0.401. The van der Waals surface area contributed by atoms with Crippen molar-refractivity contribution >= 4 is 50.7 Å². The van der Waals surface area contributed by atoms with E-state index in [-0.39, 0.29) is 34.2 Å². The van der Waals surface area contributed by atoms with E-state index in [0.717, 1.165) is 5.56 Å². The van der Waals surface area contributed by atoms with Crippen molar-refractivity contribution in [2.24, 2.45) is 5.92 Å². The Labute approximate surface area is 226 Å². The first-order valence-electron chi connectivity index (χ1n) is 11.9. The van der Waals surface area contributed by atoms with Crippen LogP contribution >= 0.6 is 23.2 Å². The number of carbonyl (C=O) groups excluding carboxylic acids is 2. The average Bonchev–Trinajstić information content (AvgIpc) is 2.90. The number of piperidine rings is 1. The van der Waals surface area contributed by atoms with E-state index in [1.165, 1.54) is 4.31 Å². The van der Waals surface area contributed by atoms with E-state index in [4.69, 9.17) is 23.2 Å². The summed E-state index contributed by atoms with van der Waals surface area (Å²) in [6.45, 7) is 0.706. The Kier molecular flexibility index (Phi) is 8.87. The van der Waals surface area contributed by atoms with Crippen LogP contribution in [0.5, 0.6) is 0 Å². The highest BCUT2D eigenvalue weighted by atomic mass is 35.5. The Hall–Kier alpha value is -2.91. The summed E-state index contributed by atoms with van der Waals surface area (Å²) in [6, 6.07) is 21.1. The molecule has 0 unspecified atom stereocenters. The van der Waals surface area contributed by atoms with Crippen LogP contribution in [0.25, 0.3) is 0 Å². The monoisotopic (exact) mass is 559 g/mol. The number of nitrogens with zero attached hydrogens (tertiary/aromatic N) is 1. The van der Waals surface area contributed by atoms with Crippen molar-refractivity contribution in [1.82, 2.24) is 9.62 Å². The van der Waals surface area contributed by atoms with E-state index in [2.05, 4.69) is 10.6 Å². The van der Waals surface area contributed by atoms with Crippen LogP contribution in [0.1, 0.15) is 34.3 Å². The lowest BCUT2D eigenvalue weighted by atomic mass is 9.98. The molecule has 3 aromatic rings. The summed E-state index contributed by atoms with van der Waals surface area (Å²) < 4.78 is 27.6. The molecule has 1 fully saturated rings. The molecule has 37 heavy (non-hydrogen) atoms. The molecule has 1 saturated heterocycles. The summed E-state index contributed by atoms with van der Waals surface area (Å²) in [5.74, 6) is -1.56. The number of benzene rings is 3. The van der Waals surface area contributed by atoms with Crippen molar-refractivity contribution in [1.29, 1.82) is 0 Å². The predicted molar refractivity (Wildman–Crippen MR) is 146 cm³/mol. The highest BCUT2D eigenvalue weighted by Crippen LogP contribution is 2.29. The van der Waals surface area contributed by atoms with Crippen molar-refractivity contribution in [3.8, 4) is 0 Å². The Morgan fingerprint density at radius 3 is 2.32 bits per heavy atom. The maximum atomic E-state index is 13.2. The van der Waals surface area contributed by atoms with Gasteiger partial charge in [0.1, 0.15) is 0 Å². The molecular formula is C27H27Cl2N3O4S. The van der Waals surface area contributed by atoms with Gasteiger partial charge in [0.15, 0.2) is 0 Å². The fourth-order valence-corrected chi connectivity index (χ4v) is 6.61. The molecule has 0 aliphatic carbocycles. The van der Waals surface area contributed by atoms with Crippen LogP contribution in [0.15, 0.2) is 72.8 Å². The molecule has 2 amide bonds. The van der Waals surface area contributed by atoms with Crippen LogP contribution in [0.3, 0.4) is 0 Å². The van der Waals surface area contributed by atoms with Crippen LogP contribution in [0.2, 0.25) is 10.0 Å². The minimum atomic E-state index is -3.76. The molecule has 0 spiro atoms. The average molecular weight is 561 g/mol. The maximum absolute atomic E-state index is 13.2. The predicted octanol–water partition coefficient (Wildman–Crippen LogP) is 5.10. The molecule has 2 N–H and O–H groups in total. The van der Waals surface area contributed by atoms with E-state index >= 15 is 0 Å². The zero-order chi connectivity index (χ0) is 26.4. The van der Waals surface area contributed by atoms with Gasteiger partial charge in [0.05, 0.1) is 22.9 Å². The molecule has 1 aliphatic heterocycles. The van der Waals surface area contributed by atoms with E-state index < -0.39 is 15.9 Å². The number of hydrogen-bond donors (Lipinski definition) is 2. The Balaban J connectivity index is 1.42. The smallest absolute Gasteiger partial charge is 0.253 e. The van der Waals surface area contributed by atoms with Gasteiger partial charge in [-0.2, -0.15) is 0 Å². The second-order valence-electron chi connectivity index (χ2n) is 8.86. The molecule has 0 radical (unpaired) electrons. The highest BCUT2D eigenvalue weighted by Gasteiger charge is 2.33. The third-order valence-corrected chi connectivity index (χ3v) is 8.74. The number of sulfonamides is 1. The van der Waals surface area contributed by atoms with E-state index in [1.807, 2.05) is 30.3 Å². The molecule has 3 aromatic carbocycles. The Morgan fingerprint density at radius 2 is 1.59 bits per heavy atom. The third kappa shape index (κ3) is 6.90. The van der Waals surface area contributed by atoms with Gasteiger partial charge in [-0.25, -0.2) is 12.7 Å². The lowest BCUT2D eigenvalue weighted by molar-refractivity contribution is -0.120. The molecular weight excluding hydrogens is 533 g/mol. The minimum absolute atomic E-state index is 0.0403. The summed E-state index contributed by atoms with van der Waals surface area (Å²) in [5.41, 5.74) is 2.01. The summed E-state index contributed by atoms with van der Waals surface area (Å²) in [5, 5.41) is 6.27. The number of hydrogen-bond acceptors (Lipinski definition) is 4. The van der Waals surface area contributed by atoms with Gasteiger partial charge in [0.25, 0.3) is 5.91 Å². The fraction of sp³-hybridized carbons (Fsp3) is 0.259. The van der Waals surface area contributed by atoms with Crippen molar-refractivity contribution in [3.63, 3.8) is 0 Å². The molecule has 0 bridgehead atoms. The summed E-state index contributed by atoms with van der Waals surface area (Å²) in [4.78, 5) is 26.0. The van der Waals surface area contributed by atoms with Crippen LogP contribution < -0.4 is 10.6 Å². The lowest BCUT2D eigenvalue weighted by Crippen LogP contribution is -2.44. The van der Waals surface area contributed by atoms with Gasteiger partial charge in [-0.05, 0) is 42.7 Å². The number of halogens is 2. The van der Waals surface area contributed by atoms with Crippen LogP contribution in [0.4, 0.5) is 5.69 Å². The molecule has 0 aromatic heterocycles. The molecule has 4 rings (SSSR count). The normalized spacial score (nSPS) is 16.2. The lowest BCUT2D eigenvalue weighted by Gasteiger charge is -2.31. The second kappa shape index (κ2) is 12.1. The van der Waals surface area contributed by atoms with Crippen LogP contribution in [-0.2, 0) is 27.1 Å².